The number of rotatable bonds is 3. The third-order valence-electron chi connectivity index (χ3n) is 2.82. The topological polar surface area (TPSA) is 55.1 Å². The second-order valence-corrected chi connectivity index (χ2v) is 4.54. The first kappa shape index (κ1) is 17.3. The molecule has 0 bridgehead atoms. The maximum Gasteiger partial charge on any atom is 0.416 e. The second kappa shape index (κ2) is 5.55. The lowest BCUT2D eigenvalue weighted by Crippen LogP contribution is -2.61. The lowest BCUT2D eigenvalue weighted by molar-refractivity contribution is -0.187. The van der Waals surface area contributed by atoms with Crippen LogP contribution in [0.15, 0.2) is 24.3 Å². The standard InChI is InChI=1S/C12H12F6N2O/c1-10(19,12(16,17)18)9(21)20-6-7-4-2-3-5-8(7)11(13,14)15/h2-5H,6,19H2,1H3,(H,20,21). The first-order valence-corrected chi connectivity index (χ1v) is 5.66. The van der Waals surface area contributed by atoms with Crippen LogP contribution in [-0.4, -0.2) is 17.6 Å². The molecule has 3 nitrogen and oxygen atoms in total. The summed E-state index contributed by atoms with van der Waals surface area (Å²) in [4.78, 5) is 11.4. The number of nitrogens with one attached hydrogen (secondary N) is 1. The van der Waals surface area contributed by atoms with Crippen LogP contribution in [-0.2, 0) is 17.5 Å². The Morgan fingerprint density at radius 3 is 2.14 bits per heavy atom. The van der Waals surface area contributed by atoms with Crippen molar-refractivity contribution < 1.29 is 31.1 Å². The normalized spacial score (nSPS) is 15.4. The summed E-state index contributed by atoms with van der Waals surface area (Å²) in [5.41, 5.74) is 0.304. The van der Waals surface area contributed by atoms with Gasteiger partial charge in [-0.2, -0.15) is 26.3 Å². The molecule has 0 aromatic heterocycles. The molecule has 0 radical (unpaired) electrons. The molecule has 9 heteroatoms. The molecule has 3 N–H and O–H groups in total. The number of halogens is 6. The predicted molar refractivity (Wildman–Crippen MR) is 61.9 cm³/mol. The molecule has 1 amide bonds. The van der Waals surface area contributed by atoms with Gasteiger partial charge in [0.05, 0.1) is 5.56 Å². The van der Waals surface area contributed by atoms with Gasteiger partial charge in [0, 0.05) is 6.54 Å². The molecule has 0 aliphatic heterocycles. The van der Waals surface area contributed by atoms with Crippen molar-refractivity contribution in [2.45, 2.75) is 31.4 Å². The van der Waals surface area contributed by atoms with Crippen LogP contribution in [0.5, 0.6) is 0 Å². The monoisotopic (exact) mass is 314 g/mol. The predicted octanol–water partition coefficient (Wildman–Crippen LogP) is 2.60. The lowest BCUT2D eigenvalue weighted by atomic mass is 10.0. The van der Waals surface area contributed by atoms with Crippen molar-refractivity contribution in [1.82, 2.24) is 5.32 Å². The number of carbonyl (C=O) groups excluding carboxylic acids is 1. The number of hydrogen-bond acceptors (Lipinski definition) is 2. The fourth-order valence-corrected chi connectivity index (χ4v) is 1.44. The van der Waals surface area contributed by atoms with Gasteiger partial charge in [0.15, 0.2) is 5.54 Å². The fraction of sp³-hybridized carbons (Fsp3) is 0.417. The first-order valence-electron chi connectivity index (χ1n) is 5.66. The van der Waals surface area contributed by atoms with E-state index in [0.29, 0.717) is 6.92 Å². The van der Waals surface area contributed by atoms with Crippen molar-refractivity contribution in [1.29, 1.82) is 0 Å². The largest absolute Gasteiger partial charge is 0.416 e. The van der Waals surface area contributed by atoms with Crippen LogP contribution in [0.25, 0.3) is 0 Å². The average Bonchev–Trinajstić information content (AvgIpc) is 2.33. The van der Waals surface area contributed by atoms with Crippen molar-refractivity contribution in [3.63, 3.8) is 0 Å². The summed E-state index contributed by atoms with van der Waals surface area (Å²) in [5.74, 6) is -1.60. The molecule has 118 valence electrons. The molecule has 21 heavy (non-hydrogen) atoms. The summed E-state index contributed by atoms with van der Waals surface area (Å²) in [6.07, 6.45) is -9.68. The molecule has 1 rings (SSSR count). The summed E-state index contributed by atoms with van der Waals surface area (Å²) < 4.78 is 75.6. The third-order valence-corrected chi connectivity index (χ3v) is 2.82. The van der Waals surface area contributed by atoms with Crippen molar-refractivity contribution in [3.05, 3.63) is 35.4 Å². The number of benzene rings is 1. The lowest BCUT2D eigenvalue weighted by Gasteiger charge is -2.26. The van der Waals surface area contributed by atoms with Crippen LogP contribution in [0.1, 0.15) is 18.1 Å². The Balaban J connectivity index is 2.89. The van der Waals surface area contributed by atoms with Crippen molar-refractivity contribution in [3.8, 4) is 0 Å². The molecular formula is C12H12F6N2O. The van der Waals surface area contributed by atoms with Crippen LogP contribution >= 0.6 is 0 Å². The van der Waals surface area contributed by atoms with Gasteiger partial charge in [-0.05, 0) is 18.6 Å². The van der Waals surface area contributed by atoms with Gasteiger partial charge in [-0.3, -0.25) is 4.79 Å². The summed E-state index contributed by atoms with van der Waals surface area (Å²) in [5, 5.41) is 1.77. The number of carbonyl (C=O) groups is 1. The van der Waals surface area contributed by atoms with Gasteiger partial charge in [-0.1, -0.05) is 18.2 Å². The van der Waals surface area contributed by atoms with Crippen LogP contribution in [0, 0.1) is 0 Å². The maximum atomic E-state index is 12.7. The van der Waals surface area contributed by atoms with E-state index in [0.717, 1.165) is 18.2 Å². The second-order valence-electron chi connectivity index (χ2n) is 4.54. The van der Waals surface area contributed by atoms with E-state index in [2.05, 4.69) is 0 Å². The quantitative estimate of drug-likeness (QED) is 0.843. The van der Waals surface area contributed by atoms with E-state index < -0.39 is 35.9 Å². The summed E-state index contributed by atoms with van der Waals surface area (Å²) in [7, 11) is 0. The Morgan fingerprint density at radius 1 is 1.14 bits per heavy atom. The fourth-order valence-electron chi connectivity index (χ4n) is 1.44. The average molecular weight is 314 g/mol. The van der Waals surface area contributed by atoms with Gasteiger partial charge in [0.1, 0.15) is 0 Å². The Bertz CT molecular complexity index is 521. The molecule has 0 saturated carbocycles. The smallest absolute Gasteiger partial charge is 0.350 e. The van der Waals surface area contributed by atoms with E-state index in [9.17, 15) is 31.1 Å². The zero-order valence-electron chi connectivity index (χ0n) is 10.8. The molecule has 0 fully saturated rings. The Hall–Kier alpha value is -1.77. The molecule has 0 saturated heterocycles. The van der Waals surface area contributed by atoms with E-state index >= 15 is 0 Å². The number of hydrogen-bond donors (Lipinski definition) is 2. The summed E-state index contributed by atoms with van der Waals surface area (Å²) in [6, 6.07) is 4.25. The molecule has 1 unspecified atom stereocenters. The molecule has 0 aliphatic carbocycles. The van der Waals surface area contributed by atoms with Crippen LogP contribution < -0.4 is 11.1 Å². The summed E-state index contributed by atoms with van der Waals surface area (Å²) >= 11 is 0. The minimum absolute atomic E-state index is 0.351. The highest BCUT2D eigenvalue weighted by molar-refractivity contribution is 5.86. The Labute approximate surface area is 116 Å². The zero-order chi connectivity index (χ0) is 16.5. The van der Waals surface area contributed by atoms with E-state index in [1.807, 2.05) is 0 Å². The van der Waals surface area contributed by atoms with E-state index in [-0.39, 0.29) is 5.56 Å². The molecule has 1 aromatic rings. The Kier molecular flexibility index (Phi) is 4.57. The minimum Gasteiger partial charge on any atom is -0.350 e. The molecule has 1 atom stereocenters. The van der Waals surface area contributed by atoms with Gasteiger partial charge >= 0.3 is 12.4 Å². The maximum absolute atomic E-state index is 12.7. The van der Waals surface area contributed by atoms with Gasteiger partial charge in [0.2, 0.25) is 5.91 Å². The first-order chi connectivity index (χ1) is 9.37. The van der Waals surface area contributed by atoms with Crippen molar-refractivity contribution >= 4 is 5.91 Å². The summed E-state index contributed by atoms with van der Waals surface area (Å²) in [6.45, 7) is -0.268. The van der Waals surface area contributed by atoms with Gasteiger partial charge in [-0.15, -0.1) is 0 Å². The SMILES string of the molecule is CC(N)(C(=O)NCc1ccccc1C(F)(F)F)C(F)(F)F. The number of alkyl halides is 6. The number of amides is 1. The van der Waals surface area contributed by atoms with E-state index in [4.69, 9.17) is 5.73 Å². The van der Waals surface area contributed by atoms with Gasteiger partial charge < -0.3 is 11.1 Å². The van der Waals surface area contributed by atoms with Crippen LogP contribution in [0.2, 0.25) is 0 Å². The third kappa shape index (κ3) is 3.87. The highest BCUT2D eigenvalue weighted by Gasteiger charge is 2.53. The molecular weight excluding hydrogens is 302 g/mol. The van der Waals surface area contributed by atoms with E-state index in [1.54, 1.807) is 5.32 Å². The minimum atomic E-state index is -5.01. The highest BCUT2D eigenvalue weighted by atomic mass is 19.4. The van der Waals surface area contributed by atoms with Crippen LogP contribution in [0.3, 0.4) is 0 Å². The molecule has 0 aliphatic rings. The van der Waals surface area contributed by atoms with Crippen molar-refractivity contribution in [2.75, 3.05) is 0 Å². The number of nitrogens with two attached hydrogens (primary N) is 1. The van der Waals surface area contributed by atoms with Gasteiger partial charge in [0.25, 0.3) is 0 Å². The molecule has 0 spiro atoms. The van der Waals surface area contributed by atoms with Gasteiger partial charge in [-0.25, -0.2) is 0 Å². The highest BCUT2D eigenvalue weighted by Crippen LogP contribution is 2.32. The Morgan fingerprint density at radius 2 is 1.67 bits per heavy atom. The van der Waals surface area contributed by atoms with Crippen molar-refractivity contribution in [2.24, 2.45) is 5.73 Å². The molecule has 0 heterocycles. The zero-order valence-corrected chi connectivity index (χ0v) is 10.8. The van der Waals surface area contributed by atoms with E-state index in [1.165, 1.54) is 6.07 Å². The molecule has 1 aromatic carbocycles. The van der Waals surface area contributed by atoms with Crippen LogP contribution in [0.4, 0.5) is 26.3 Å².